The molecule has 2 aliphatic rings. The number of aryl methyl sites for hydroxylation is 2. The van der Waals surface area contributed by atoms with Gasteiger partial charge in [-0.05, 0) is 39.5 Å². The Hall–Kier alpha value is -0.980. The molecule has 0 saturated carbocycles. The zero-order valence-corrected chi connectivity index (χ0v) is 14.1. The molecule has 1 amide bonds. The second kappa shape index (κ2) is 6.26. The van der Waals surface area contributed by atoms with Crippen LogP contribution in [0, 0.1) is 13.8 Å². The Morgan fingerprint density at radius 2 is 2.18 bits per heavy atom. The lowest BCUT2D eigenvalue weighted by atomic mass is 9.82. The lowest BCUT2D eigenvalue weighted by Crippen LogP contribution is -2.56. The van der Waals surface area contributed by atoms with E-state index >= 15 is 0 Å². The molecule has 2 fully saturated rings. The Morgan fingerprint density at radius 1 is 1.45 bits per heavy atom. The highest BCUT2D eigenvalue weighted by atomic mass is 32.1. The third-order valence-corrected chi connectivity index (χ3v) is 5.97. The van der Waals surface area contributed by atoms with Crippen molar-refractivity contribution >= 4 is 17.2 Å². The van der Waals surface area contributed by atoms with Gasteiger partial charge in [0.25, 0.3) is 0 Å². The molecule has 0 unspecified atom stereocenters. The van der Waals surface area contributed by atoms with E-state index in [1.807, 2.05) is 18.7 Å². The number of amides is 1. The molecule has 0 bridgehead atoms. The van der Waals surface area contributed by atoms with Gasteiger partial charge >= 0.3 is 0 Å². The number of likely N-dealkylation sites (tertiary alicyclic amines) is 1. The number of aromatic nitrogens is 1. The maximum atomic E-state index is 12.5. The number of ether oxygens (including phenoxy) is 1. The van der Waals surface area contributed by atoms with Crippen LogP contribution in [0.5, 0.6) is 0 Å². The Balaban J connectivity index is 1.59. The van der Waals surface area contributed by atoms with Crippen molar-refractivity contribution in [3.05, 3.63) is 15.6 Å². The summed E-state index contributed by atoms with van der Waals surface area (Å²) in [5.74, 6) is 0.159. The van der Waals surface area contributed by atoms with E-state index in [0.717, 1.165) is 47.9 Å². The summed E-state index contributed by atoms with van der Waals surface area (Å²) in [4.78, 5) is 19.8. The van der Waals surface area contributed by atoms with Crippen LogP contribution in [0.1, 0.15) is 41.3 Å². The van der Waals surface area contributed by atoms with Crippen LogP contribution in [0.4, 0.5) is 0 Å². The molecular weight excluding hydrogens is 300 g/mol. The molecule has 2 aliphatic heterocycles. The molecule has 2 saturated heterocycles. The molecule has 22 heavy (non-hydrogen) atoms. The van der Waals surface area contributed by atoms with Gasteiger partial charge in [0.05, 0.1) is 28.8 Å². The van der Waals surface area contributed by atoms with Crippen molar-refractivity contribution in [3.63, 3.8) is 0 Å². The second-order valence-corrected chi connectivity index (χ2v) is 7.66. The molecule has 1 spiro atoms. The van der Waals surface area contributed by atoms with Gasteiger partial charge in [0.1, 0.15) is 0 Å². The van der Waals surface area contributed by atoms with Crippen LogP contribution in [0.15, 0.2) is 0 Å². The van der Waals surface area contributed by atoms with E-state index in [1.165, 1.54) is 0 Å². The molecule has 0 radical (unpaired) electrons. The number of carbonyl (C=O) groups is 1. The summed E-state index contributed by atoms with van der Waals surface area (Å²) in [7, 11) is 0. The van der Waals surface area contributed by atoms with Gasteiger partial charge in [0.2, 0.25) is 5.91 Å². The summed E-state index contributed by atoms with van der Waals surface area (Å²) < 4.78 is 5.89. The fourth-order valence-electron chi connectivity index (χ4n) is 3.51. The van der Waals surface area contributed by atoms with Gasteiger partial charge in [0.15, 0.2) is 0 Å². The minimum absolute atomic E-state index is 0.159. The first kappa shape index (κ1) is 15.9. The first-order valence-corrected chi connectivity index (χ1v) is 8.84. The predicted molar refractivity (Wildman–Crippen MR) is 85.0 cm³/mol. The van der Waals surface area contributed by atoms with Crippen LogP contribution in [0.2, 0.25) is 0 Å². The smallest absolute Gasteiger partial charge is 0.227 e. The van der Waals surface area contributed by atoms with Gasteiger partial charge in [-0.3, -0.25) is 4.79 Å². The maximum absolute atomic E-state index is 12.5. The highest BCUT2D eigenvalue weighted by Gasteiger charge is 2.44. The SMILES string of the molecule is Cc1nc(C)c(CC(=O)N2CCC3(CC2)OCCC[C@H]3O)s1. The Bertz CT molecular complexity index is 550. The number of thiazole rings is 1. The summed E-state index contributed by atoms with van der Waals surface area (Å²) in [5, 5.41) is 11.3. The molecular formula is C16H24N2O3S. The molecule has 6 heteroatoms. The minimum atomic E-state index is -0.411. The first-order chi connectivity index (χ1) is 10.5. The molecule has 5 nitrogen and oxygen atoms in total. The van der Waals surface area contributed by atoms with Gasteiger partial charge in [0, 0.05) is 24.6 Å². The number of nitrogens with zero attached hydrogens (tertiary/aromatic N) is 2. The van der Waals surface area contributed by atoms with Crippen molar-refractivity contribution in [1.29, 1.82) is 0 Å². The predicted octanol–water partition coefficient (Wildman–Crippen LogP) is 1.83. The Kier molecular flexibility index (Phi) is 4.52. The Labute approximate surface area is 135 Å². The lowest BCUT2D eigenvalue weighted by Gasteiger charge is -2.46. The zero-order valence-electron chi connectivity index (χ0n) is 13.3. The highest BCUT2D eigenvalue weighted by Crippen LogP contribution is 2.35. The summed E-state index contributed by atoms with van der Waals surface area (Å²) in [6.07, 6.45) is 3.27. The van der Waals surface area contributed by atoms with Crippen LogP contribution in [-0.2, 0) is 16.0 Å². The quantitative estimate of drug-likeness (QED) is 0.901. The molecule has 0 aromatic carbocycles. The van der Waals surface area contributed by atoms with Gasteiger partial charge < -0.3 is 14.7 Å². The van der Waals surface area contributed by atoms with Crippen molar-refractivity contribution in [2.24, 2.45) is 0 Å². The standard InChI is InChI=1S/C16H24N2O3S/c1-11-13(22-12(2)17-11)10-15(20)18-7-5-16(6-8-18)14(19)4-3-9-21-16/h14,19H,3-10H2,1-2H3/t14-/m1/s1. The normalized spacial score (nSPS) is 24.7. The monoisotopic (exact) mass is 324 g/mol. The number of hydrogen-bond donors (Lipinski definition) is 1. The Morgan fingerprint density at radius 3 is 2.77 bits per heavy atom. The molecule has 3 heterocycles. The van der Waals surface area contributed by atoms with Gasteiger partial charge in [-0.2, -0.15) is 0 Å². The molecule has 122 valence electrons. The van der Waals surface area contributed by atoms with E-state index in [2.05, 4.69) is 4.98 Å². The van der Waals surface area contributed by atoms with Crippen LogP contribution >= 0.6 is 11.3 Å². The van der Waals surface area contributed by atoms with E-state index in [-0.39, 0.29) is 12.0 Å². The van der Waals surface area contributed by atoms with Crippen molar-refractivity contribution < 1.29 is 14.6 Å². The van der Waals surface area contributed by atoms with Crippen LogP contribution in [-0.4, -0.2) is 52.3 Å². The average molecular weight is 324 g/mol. The molecule has 0 aliphatic carbocycles. The van der Waals surface area contributed by atoms with E-state index in [4.69, 9.17) is 4.74 Å². The van der Waals surface area contributed by atoms with Crippen LogP contribution < -0.4 is 0 Å². The van der Waals surface area contributed by atoms with Crippen molar-refractivity contribution in [2.45, 2.75) is 57.7 Å². The summed E-state index contributed by atoms with van der Waals surface area (Å²) in [6.45, 7) is 6.01. The van der Waals surface area contributed by atoms with E-state index < -0.39 is 5.60 Å². The summed E-state index contributed by atoms with van der Waals surface area (Å²) in [6, 6.07) is 0. The second-order valence-electron chi connectivity index (χ2n) is 6.37. The summed E-state index contributed by atoms with van der Waals surface area (Å²) >= 11 is 1.61. The maximum Gasteiger partial charge on any atom is 0.227 e. The van der Waals surface area contributed by atoms with Crippen molar-refractivity contribution in [3.8, 4) is 0 Å². The van der Waals surface area contributed by atoms with E-state index in [1.54, 1.807) is 11.3 Å². The van der Waals surface area contributed by atoms with Crippen LogP contribution in [0.3, 0.4) is 0 Å². The molecule has 3 rings (SSSR count). The van der Waals surface area contributed by atoms with Gasteiger partial charge in [-0.25, -0.2) is 4.98 Å². The van der Waals surface area contributed by atoms with Crippen molar-refractivity contribution in [1.82, 2.24) is 9.88 Å². The number of aliphatic hydroxyl groups is 1. The van der Waals surface area contributed by atoms with Gasteiger partial charge in [-0.1, -0.05) is 0 Å². The fraction of sp³-hybridized carbons (Fsp3) is 0.750. The molecule has 1 N–H and O–H groups in total. The van der Waals surface area contributed by atoms with E-state index in [9.17, 15) is 9.90 Å². The van der Waals surface area contributed by atoms with Crippen LogP contribution in [0.25, 0.3) is 0 Å². The molecule has 1 atom stereocenters. The molecule has 1 aromatic heterocycles. The number of carbonyl (C=O) groups excluding carboxylic acids is 1. The minimum Gasteiger partial charge on any atom is -0.390 e. The van der Waals surface area contributed by atoms with Crippen molar-refractivity contribution in [2.75, 3.05) is 19.7 Å². The highest BCUT2D eigenvalue weighted by molar-refractivity contribution is 7.11. The lowest BCUT2D eigenvalue weighted by molar-refractivity contribution is -0.179. The third-order valence-electron chi connectivity index (χ3n) is 4.89. The first-order valence-electron chi connectivity index (χ1n) is 8.03. The number of hydrogen-bond acceptors (Lipinski definition) is 5. The van der Waals surface area contributed by atoms with Gasteiger partial charge in [-0.15, -0.1) is 11.3 Å². The number of aliphatic hydroxyl groups excluding tert-OH is 1. The fourth-order valence-corrected chi connectivity index (χ4v) is 4.44. The largest absolute Gasteiger partial charge is 0.390 e. The molecule has 1 aromatic rings. The third kappa shape index (κ3) is 3.05. The number of piperidine rings is 1. The number of rotatable bonds is 2. The average Bonchev–Trinajstić information content (AvgIpc) is 2.81. The zero-order chi connectivity index (χ0) is 15.7. The summed E-state index contributed by atoms with van der Waals surface area (Å²) in [5.41, 5.74) is 0.557. The topological polar surface area (TPSA) is 62.7 Å². The van der Waals surface area contributed by atoms with E-state index in [0.29, 0.717) is 19.5 Å².